The van der Waals surface area contributed by atoms with Crippen molar-refractivity contribution in [2.24, 2.45) is 0 Å². The zero-order valence-electron chi connectivity index (χ0n) is 11.9. The molecule has 0 aliphatic rings. The second kappa shape index (κ2) is 7.22. The molecule has 1 aromatic heterocycles. The summed E-state index contributed by atoms with van der Waals surface area (Å²) in [4.78, 5) is 18.8. The third-order valence-electron chi connectivity index (χ3n) is 3.13. The highest BCUT2D eigenvalue weighted by atomic mass is 127. The molecule has 0 saturated heterocycles. The molecular formula is C16H16ClIN2O. The summed E-state index contributed by atoms with van der Waals surface area (Å²) >= 11 is 8.24. The van der Waals surface area contributed by atoms with Crippen LogP contribution in [0.2, 0.25) is 5.02 Å². The molecule has 0 aliphatic carbocycles. The van der Waals surface area contributed by atoms with Gasteiger partial charge in [0.05, 0.1) is 17.3 Å². The number of hydrogen-bond acceptors (Lipinski definition) is 2. The zero-order chi connectivity index (χ0) is 15.4. The van der Waals surface area contributed by atoms with Gasteiger partial charge < -0.3 is 4.90 Å². The predicted molar refractivity (Wildman–Crippen MR) is 93.6 cm³/mol. The summed E-state index contributed by atoms with van der Waals surface area (Å²) in [5.74, 6) is -0.0286. The van der Waals surface area contributed by atoms with Gasteiger partial charge in [-0.05, 0) is 66.8 Å². The minimum Gasteiger partial charge on any atom is -0.333 e. The van der Waals surface area contributed by atoms with Crippen molar-refractivity contribution in [1.82, 2.24) is 9.88 Å². The van der Waals surface area contributed by atoms with Gasteiger partial charge >= 0.3 is 0 Å². The molecule has 0 N–H and O–H groups in total. The molecule has 0 radical (unpaired) electrons. The number of aromatic nitrogens is 1. The second-order valence-electron chi connectivity index (χ2n) is 4.72. The number of aryl methyl sites for hydroxylation is 1. The zero-order valence-corrected chi connectivity index (χ0v) is 14.9. The molecule has 2 rings (SSSR count). The standard InChI is InChI=1S/C16H16ClIN2O/c1-3-20(10-13-6-4-5-11(2)19-13)16(21)12-7-8-15(18)14(17)9-12/h4-9H,3,10H2,1-2H3. The van der Waals surface area contributed by atoms with Gasteiger partial charge in [0.1, 0.15) is 0 Å². The molecule has 3 nitrogen and oxygen atoms in total. The van der Waals surface area contributed by atoms with Crippen molar-refractivity contribution in [2.75, 3.05) is 6.54 Å². The third-order valence-corrected chi connectivity index (χ3v) is 4.71. The summed E-state index contributed by atoms with van der Waals surface area (Å²) in [5, 5.41) is 0.603. The highest BCUT2D eigenvalue weighted by Gasteiger charge is 2.16. The Morgan fingerprint density at radius 3 is 2.71 bits per heavy atom. The fourth-order valence-electron chi connectivity index (χ4n) is 2.02. The van der Waals surface area contributed by atoms with Gasteiger partial charge in [-0.3, -0.25) is 9.78 Å². The Balaban J connectivity index is 2.20. The van der Waals surface area contributed by atoms with Crippen molar-refractivity contribution in [3.8, 4) is 0 Å². The van der Waals surface area contributed by atoms with E-state index in [0.29, 0.717) is 23.7 Å². The SMILES string of the molecule is CCN(Cc1cccc(C)n1)C(=O)c1ccc(I)c(Cl)c1. The topological polar surface area (TPSA) is 33.2 Å². The number of benzene rings is 1. The van der Waals surface area contributed by atoms with E-state index in [1.165, 1.54) is 0 Å². The first-order valence-corrected chi connectivity index (χ1v) is 8.13. The van der Waals surface area contributed by atoms with E-state index in [2.05, 4.69) is 27.6 Å². The van der Waals surface area contributed by atoms with Crippen LogP contribution in [0.1, 0.15) is 28.7 Å². The minimum absolute atomic E-state index is 0.0286. The lowest BCUT2D eigenvalue weighted by atomic mass is 10.2. The minimum atomic E-state index is -0.0286. The molecule has 0 bridgehead atoms. The summed E-state index contributed by atoms with van der Waals surface area (Å²) in [7, 11) is 0. The van der Waals surface area contributed by atoms with E-state index in [9.17, 15) is 4.79 Å². The molecule has 0 saturated carbocycles. The van der Waals surface area contributed by atoms with E-state index in [0.717, 1.165) is 15.0 Å². The van der Waals surface area contributed by atoms with Crippen LogP contribution >= 0.6 is 34.2 Å². The lowest BCUT2D eigenvalue weighted by molar-refractivity contribution is 0.0750. The van der Waals surface area contributed by atoms with Gasteiger partial charge in [0, 0.05) is 21.4 Å². The molecule has 1 aromatic carbocycles. The van der Waals surface area contributed by atoms with Crippen molar-refractivity contribution in [1.29, 1.82) is 0 Å². The highest BCUT2D eigenvalue weighted by molar-refractivity contribution is 14.1. The number of halogens is 2. The van der Waals surface area contributed by atoms with Crippen molar-refractivity contribution < 1.29 is 4.79 Å². The summed E-state index contributed by atoms with van der Waals surface area (Å²) < 4.78 is 0.939. The molecule has 0 aliphatic heterocycles. The maximum absolute atomic E-state index is 12.6. The van der Waals surface area contributed by atoms with E-state index in [4.69, 9.17) is 11.6 Å². The smallest absolute Gasteiger partial charge is 0.254 e. The van der Waals surface area contributed by atoms with Gasteiger partial charge in [-0.1, -0.05) is 17.7 Å². The quantitative estimate of drug-likeness (QED) is 0.699. The summed E-state index contributed by atoms with van der Waals surface area (Å²) in [6, 6.07) is 11.2. The first-order chi connectivity index (χ1) is 10.0. The van der Waals surface area contributed by atoms with Crippen LogP contribution in [0.4, 0.5) is 0 Å². The maximum atomic E-state index is 12.6. The van der Waals surface area contributed by atoms with Crippen LogP contribution in [0, 0.1) is 10.5 Å². The lowest BCUT2D eigenvalue weighted by Gasteiger charge is -2.21. The van der Waals surface area contributed by atoms with Crippen LogP contribution < -0.4 is 0 Å². The van der Waals surface area contributed by atoms with Crippen LogP contribution in [-0.4, -0.2) is 22.3 Å². The molecule has 0 spiro atoms. The Labute approximate surface area is 143 Å². The van der Waals surface area contributed by atoms with Gasteiger partial charge in [0.15, 0.2) is 0 Å². The lowest BCUT2D eigenvalue weighted by Crippen LogP contribution is -2.30. The normalized spacial score (nSPS) is 10.5. The van der Waals surface area contributed by atoms with Crippen molar-refractivity contribution in [3.63, 3.8) is 0 Å². The van der Waals surface area contributed by atoms with Crippen LogP contribution in [0.3, 0.4) is 0 Å². The molecule has 0 fully saturated rings. The predicted octanol–water partition coefficient (Wildman–Crippen LogP) is 4.31. The van der Waals surface area contributed by atoms with E-state index in [1.54, 1.807) is 11.0 Å². The first kappa shape index (κ1) is 16.2. The van der Waals surface area contributed by atoms with Gasteiger partial charge in [0.25, 0.3) is 5.91 Å². The van der Waals surface area contributed by atoms with Gasteiger partial charge in [-0.25, -0.2) is 0 Å². The van der Waals surface area contributed by atoms with E-state index in [1.807, 2.05) is 44.2 Å². The molecule has 1 amide bonds. The van der Waals surface area contributed by atoms with Crippen molar-refractivity contribution in [3.05, 3.63) is 61.9 Å². The Bertz CT molecular complexity index is 660. The summed E-state index contributed by atoms with van der Waals surface area (Å²) in [5.41, 5.74) is 2.45. The number of nitrogens with zero attached hydrogens (tertiary/aromatic N) is 2. The Hall–Kier alpha value is -1.14. The van der Waals surface area contributed by atoms with Crippen LogP contribution in [0.15, 0.2) is 36.4 Å². The monoisotopic (exact) mass is 414 g/mol. The molecule has 2 aromatic rings. The van der Waals surface area contributed by atoms with Crippen molar-refractivity contribution >= 4 is 40.1 Å². The van der Waals surface area contributed by atoms with E-state index in [-0.39, 0.29) is 5.91 Å². The largest absolute Gasteiger partial charge is 0.333 e. The number of hydrogen-bond donors (Lipinski definition) is 0. The van der Waals surface area contributed by atoms with E-state index < -0.39 is 0 Å². The Morgan fingerprint density at radius 2 is 2.10 bits per heavy atom. The maximum Gasteiger partial charge on any atom is 0.254 e. The summed E-state index contributed by atoms with van der Waals surface area (Å²) in [6.45, 7) is 5.03. The van der Waals surface area contributed by atoms with Gasteiger partial charge in [-0.15, -0.1) is 0 Å². The number of amides is 1. The van der Waals surface area contributed by atoms with Crippen molar-refractivity contribution in [2.45, 2.75) is 20.4 Å². The third kappa shape index (κ3) is 4.17. The van der Waals surface area contributed by atoms with Gasteiger partial charge in [-0.2, -0.15) is 0 Å². The number of carbonyl (C=O) groups excluding carboxylic acids is 1. The molecule has 5 heteroatoms. The average molecular weight is 415 g/mol. The molecule has 1 heterocycles. The van der Waals surface area contributed by atoms with Crippen LogP contribution in [-0.2, 0) is 6.54 Å². The first-order valence-electron chi connectivity index (χ1n) is 6.68. The molecule has 0 unspecified atom stereocenters. The second-order valence-corrected chi connectivity index (χ2v) is 6.29. The average Bonchev–Trinajstić information content (AvgIpc) is 2.47. The number of pyridine rings is 1. The fourth-order valence-corrected chi connectivity index (χ4v) is 2.54. The Morgan fingerprint density at radius 1 is 1.33 bits per heavy atom. The molecule has 110 valence electrons. The Kier molecular flexibility index (Phi) is 5.58. The van der Waals surface area contributed by atoms with Gasteiger partial charge in [0.2, 0.25) is 0 Å². The number of rotatable bonds is 4. The summed E-state index contributed by atoms with van der Waals surface area (Å²) in [6.07, 6.45) is 0. The fraction of sp³-hybridized carbons (Fsp3) is 0.250. The van der Waals surface area contributed by atoms with Crippen LogP contribution in [0.25, 0.3) is 0 Å². The van der Waals surface area contributed by atoms with Crippen LogP contribution in [0.5, 0.6) is 0 Å². The molecular weight excluding hydrogens is 399 g/mol. The molecule has 0 atom stereocenters. The van der Waals surface area contributed by atoms with E-state index >= 15 is 0 Å². The molecule has 21 heavy (non-hydrogen) atoms. The number of carbonyl (C=O) groups is 1. The highest BCUT2D eigenvalue weighted by Crippen LogP contribution is 2.21.